The molecule has 1 aromatic carbocycles. The smallest absolute Gasteiger partial charge is 0.296 e. The first-order valence-corrected chi connectivity index (χ1v) is 15.8. The van der Waals surface area contributed by atoms with Gasteiger partial charge in [-0.2, -0.15) is 20.6 Å². The SMILES string of the molecule is Cl.OS1(O)CCN(C2CCC(COc3cc(-n4c(C(F)F)nc5ccccc54)nc(N4CCOCC4)n3)CC2)CC1. The molecule has 0 atom stereocenters. The Bertz CT molecular complexity index is 1310. The number of imidazole rings is 1. The average molecular weight is 615 g/mol. The summed E-state index contributed by atoms with van der Waals surface area (Å²) in [4.78, 5) is 17.9. The van der Waals surface area contributed by atoms with Gasteiger partial charge in [-0.3, -0.25) is 18.6 Å². The summed E-state index contributed by atoms with van der Waals surface area (Å²) >= 11 is 0. The summed E-state index contributed by atoms with van der Waals surface area (Å²) in [6.07, 6.45) is 1.32. The lowest BCUT2D eigenvalue weighted by Crippen LogP contribution is -2.46. The summed E-state index contributed by atoms with van der Waals surface area (Å²) in [6, 6.07) is 9.13. The van der Waals surface area contributed by atoms with E-state index >= 15 is 0 Å². The Morgan fingerprint density at radius 1 is 0.976 bits per heavy atom. The number of morpholine rings is 1. The van der Waals surface area contributed by atoms with E-state index in [0.717, 1.165) is 38.8 Å². The van der Waals surface area contributed by atoms with Crippen molar-refractivity contribution in [3.05, 3.63) is 36.2 Å². The number of aromatic nitrogens is 4. The van der Waals surface area contributed by atoms with Crippen LogP contribution in [0.5, 0.6) is 5.88 Å². The van der Waals surface area contributed by atoms with Crippen molar-refractivity contribution in [3.8, 4) is 11.7 Å². The number of hydrogen-bond acceptors (Lipinski definition) is 9. The van der Waals surface area contributed by atoms with Gasteiger partial charge in [-0.05, 0) is 43.7 Å². The molecule has 0 amide bonds. The quantitative estimate of drug-likeness (QED) is 0.379. The van der Waals surface area contributed by atoms with Gasteiger partial charge < -0.3 is 14.4 Å². The second-order valence-electron chi connectivity index (χ2n) is 10.8. The van der Waals surface area contributed by atoms with E-state index < -0.39 is 17.0 Å². The molecule has 0 radical (unpaired) electrons. The fraction of sp³-hybridized carbons (Fsp3) is 0.593. The van der Waals surface area contributed by atoms with Crippen LogP contribution in [-0.4, -0.2) is 97.1 Å². The molecule has 0 unspecified atom stereocenters. The molecule has 0 spiro atoms. The molecular formula is C27H37ClF2N6O4S. The normalized spacial score (nSPS) is 24.3. The van der Waals surface area contributed by atoms with E-state index in [1.54, 1.807) is 30.3 Å². The first-order chi connectivity index (χ1) is 19.4. The summed E-state index contributed by atoms with van der Waals surface area (Å²) < 4.78 is 61.1. The number of rotatable bonds is 7. The van der Waals surface area contributed by atoms with Crippen LogP contribution in [0.25, 0.3) is 16.9 Å². The number of ether oxygens (including phenoxy) is 2. The number of fused-ring (bicyclic) bond motifs is 1. The number of benzene rings is 1. The average Bonchev–Trinajstić information content (AvgIpc) is 3.37. The van der Waals surface area contributed by atoms with Gasteiger partial charge in [0.2, 0.25) is 11.8 Å². The first-order valence-electron chi connectivity index (χ1n) is 13.9. The summed E-state index contributed by atoms with van der Waals surface area (Å²) in [6.45, 7) is 4.25. The minimum Gasteiger partial charge on any atom is -0.477 e. The Hall–Kier alpha value is -2.29. The van der Waals surface area contributed by atoms with Crippen LogP contribution in [0.4, 0.5) is 14.7 Å². The molecule has 4 heterocycles. The van der Waals surface area contributed by atoms with Gasteiger partial charge in [0.15, 0.2) is 5.82 Å². The van der Waals surface area contributed by atoms with E-state index in [0.29, 0.717) is 85.1 Å². The van der Waals surface area contributed by atoms with Crippen molar-refractivity contribution in [1.82, 2.24) is 24.4 Å². The lowest BCUT2D eigenvalue weighted by atomic mass is 9.86. The van der Waals surface area contributed by atoms with E-state index in [2.05, 4.69) is 19.9 Å². The number of halogens is 3. The number of para-hydroxylation sites is 2. The molecule has 1 aliphatic carbocycles. The van der Waals surface area contributed by atoms with E-state index in [-0.39, 0.29) is 18.2 Å². The fourth-order valence-corrected chi connectivity index (χ4v) is 7.17. The molecule has 3 aromatic rings. The van der Waals surface area contributed by atoms with Crippen molar-refractivity contribution >= 4 is 40.0 Å². The number of hydrogen-bond donors (Lipinski definition) is 2. The maximum absolute atomic E-state index is 14.1. The number of nitrogens with zero attached hydrogens (tertiary/aromatic N) is 6. The summed E-state index contributed by atoms with van der Waals surface area (Å²) in [5.74, 6) is 2.01. The predicted molar refractivity (Wildman–Crippen MR) is 157 cm³/mol. The van der Waals surface area contributed by atoms with Crippen LogP contribution in [0.15, 0.2) is 30.3 Å². The van der Waals surface area contributed by atoms with Crippen LogP contribution >= 0.6 is 23.0 Å². The van der Waals surface area contributed by atoms with Gasteiger partial charge >= 0.3 is 0 Å². The van der Waals surface area contributed by atoms with E-state index in [1.165, 1.54) is 4.57 Å². The molecule has 6 rings (SSSR count). The highest BCUT2D eigenvalue weighted by atomic mass is 35.5. The Morgan fingerprint density at radius 2 is 1.68 bits per heavy atom. The van der Waals surface area contributed by atoms with Gasteiger partial charge in [0.05, 0.1) is 42.4 Å². The topological polar surface area (TPSA) is 109 Å². The molecule has 1 saturated carbocycles. The molecule has 14 heteroatoms. The maximum atomic E-state index is 14.1. The summed E-state index contributed by atoms with van der Waals surface area (Å²) in [5.41, 5.74) is 1.02. The van der Waals surface area contributed by atoms with Crippen LogP contribution in [0.1, 0.15) is 37.9 Å². The minimum absolute atomic E-state index is 0. The zero-order chi connectivity index (χ0) is 27.7. The van der Waals surface area contributed by atoms with Crippen molar-refractivity contribution in [2.75, 3.05) is 62.4 Å². The summed E-state index contributed by atoms with van der Waals surface area (Å²) in [7, 11) is -2.39. The third-order valence-corrected chi connectivity index (χ3v) is 9.87. The van der Waals surface area contributed by atoms with E-state index in [4.69, 9.17) is 9.47 Å². The molecule has 2 aliphatic heterocycles. The largest absolute Gasteiger partial charge is 0.477 e. The highest BCUT2D eigenvalue weighted by molar-refractivity contribution is 8.24. The van der Waals surface area contributed by atoms with Crippen molar-refractivity contribution in [1.29, 1.82) is 0 Å². The first kappa shape index (κ1) is 30.2. The van der Waals surface area contributed by atoms with Crippen LogP contribution in [0.2, 0.25) is 0 Å². The van der Waals surface area contributed by atoms with Crippen LogP contribution in [-0.2, 0) is 4.74 Å². The third-order valence-electron chi connectivity index (χ3n) is 8.19. The molecular weight excluding hydrogens is 578 g/mol. The Labute approximate surface area is 245 Å². The molecule has 3 fully saturated rings. The zero-order valence-electron chi connectivity index (χ0n) is 22.8. The lowest BCUT2D eigenvalue weighted by molar-refractivity contribution is 0.119. The predicted octanol–water partition coefficient (Wildman–Crippen LogP) is 5.02. The molecule has 41 heavy (non-hydrogen) atoms. The standard InChI is InChI=1S/C27H36F2N6O4S.ClH/c28-25(29)26-30-21-3-1-2-4-22(21)35(26)23-17-24(32-27(31-23)34-9-13-38-14-10-34)39-18-19-5-7-20(8-6-19)33-11-15-40(36,37)16-12-33;/h1-4,17,19-20,25,36-37H,5-16,18H2;1H. The maximum Gasteiger partial charge on any atom is 0.296 e. The molecule has 3 aliphatic rings. The number of anilines is 1. The molecule has 0 bridgehead atoms. The Balaban J connectivity index is 0.00000337. The van der Waals surface area contributed by atoms with E-state index in [1.807, 2.05) is 4.90 Å². The second kappa shape index (κ2) is 12.9. The molecule has 2 N–H and O–H groups in total. The fourth-order valence-electron chi connectivity index (χ4n) is 5.91. The molecule has 10 nitrogen and oxygen atoms in total. The van der Waals surface area contributed by atoms with Crippen molar-refractivity contribution in [3.63, 3.8) is 0 Å². The van der Waals surface area contributed by atoms with Gasteiger partial charge in [0.1, 0.15) is 5.82 Å². The van der Waals surface area contributed by atoms with Gasteiger partial charge in [0.25, 0.3) is 6.43 Å². The van der Waals surface area contributed by atoms with Gasteiger partial charge in [0, 0.05) is 38.3 Å². The van der Waals surface area contributed by atoms with Gasteiger partial charge in [-0.25, -0.2) is 13.8 Å². The third kappa shape index (κ3) is 6.86. The molecule has 2 saturated heterocycles. The van der Waals surface area contributed by atoms with Crippen molar-refractivity contribution < 1.29 is 27.4 Å². The summed E-state index contributed by atoms with van der Waals surface area (Å²) in [5, 5.41) is 0. The monoisotopic (exact) mass is 614 g/mol. The Kier molecular flexibility index (Phi) is 9.51. The van der Waals surface area contributed by atoms with Gasteiger partial charge in [-0.1, -0.05) is 12.1 Å². The highest BCUT2D eigenvalue weighted by Gasteiger charge is 2.31. The van der Waals surface area contributed by atoms with Gasteiger partial charge in [-0.15, -0.1) is 12.4 Å². The molecule has 2 aromatic heterocycles. The van der Waals surface area contributed by atoms with Crippen molar-refractivity contribution in [2.45, 2.75) is 38.2 Å². The zero-order valence-corrected chi connectivity index (χ0v) is 24.4. The van der Waals surface area contributed by atoms with E-state index in [9.17, 15) is 17.9 Å². The molecule has 226 valence electrons. The Morgan fingerprint density at radius 3 is 2.39 bits per heavy atom. The lowest BCUT2D eigenvalue weighted by Gasteiger charge is -2.45. The number of alkyl halides is 2. The minimum atomic E-state index is -2.78. The van der Waals surface area contributed by atoms with Crippen molar-refractivity contribution in [2.24, 2.45) is 5.92 Å². The van der Waals surface area contributed by atoms with Crippen LogP contribution in [0, 0.1) is 5.92 Å². The highest BCUT2D eigenvalue weighted by Crippen LogP contribution is 2.42. The van der Waals surface area contributed by atoms with Crippen LogP contribution < -0.4 is 9.64 Å². The van der Waals surface area contributed by atoms with Crippen LogP contribution in [0.3, 0.4) is 0 Å². The second-order valence-corrected chi connectivity index (χ2v) is 13.2.